The topological polar surface area (TPSA) is 42.2 Å². The van der Waals surface area contributed by atoms with E-state index in [2.05, 4.69) is 32.6 Å². The van der Waals surface area contributed by atoms with Crippen LogP contribution >= 0.6 is 11.3 Å². The predicted molar refractivity (Wildman–Crippen MR) is 84.1 cm³/mol. The summed E-state index contributed by atoms with van der Waals surface area (Å²) in [6.45, 7) is 10.9. The molecule has 0 aliphatic carbocycles. The summed E-state index contributed by atoms with van der Waals surface area (Å²) in [4.78, 5) is 8.61. The van der Waals surface area contributed by atoms with E-state index in [-0.39, 0.29) is 5.54 Å². The number of hydrogen-bond donors (Lipinski definition) is 1. The van der Waals surface area contributed by atoms with Crippen LogP contribution in [0.15, 0.2) is 0 Å². The number of anilines is 1. The molecule has 1 saturated heterocycles. The lowest BCUT2D eigenvalue weighted by Crippen LogP contribution is -2.29. The molecule has 1 fully saturated rings. The van der Waals surface area contributed by atoms with Crippen LogP contribution < -0.4 is 10.6 Å². The summed E-state index contributed by atoms with van der Waals surface area (Å²) < 4.78 is 0. The Kier molecular flexibility index (Phi) is 4.51. The van der Waals surface area contributed by atoms with Gasteiger partial charge in [-0.3, -0.25) is 0 Å². The number of nitrogens with zero attached hydrogens (tertiary/aromatic N) is 2. The molecule has 1 aromatic heterocycles. The second-order valence-corrected chi connectivity index (χ2v) is 7.47. The minimum atomic E-state index is -0.290. The molecular weight excluding hydrogens is 254 g/mol. The Morgan fingerprint density at radius 3 is 2.16 bits per heavy atom. The van der Waals surface area contributed by atoms with Crippen molar-refractivity contribution in [1.29, 1.82) is 0 Å². The lowest BCUT2D eigenvalue weighted by molar-refractivity contribution is 0.553. The number of nitrogens with two attached hydrogens (primary N) is 1. The Hall–Kier alpha value is -0.610. The van der Waals surface area contributed by atoms with E-state index in [0.29, 0.717) is 5.92 Å². The van der Waals surface area contributed by atoms with Gasteiger partial charge in [0.2, 0.25) is 0 Å². The third kappa shape index (κ3) is 3.48. The molecule has 3 nitrogen and oxygen atoms in total. The maximum absolute atomic E-state index is 6.32. The second-order valence-electron chi connectivity index (χ2n) is 6.49. The van der Waals surface area contributed by atoms with Crippen LogP contribution in [0.5, 0.6) is 0 Å². The fourth-order valence-electron chi connectivity index (χ4n) is 2.57. The van der Waals surface area contributed by atoms with Crippen LogP contribution in [0, 0.1) is 0 Å². The Bertz CT molecular complexity index is 410. The van der Waals surface area contributed by atoms with Crippen molar-refractivity contribution in [2.24, 2.45) is 5.73 Å². The molecule has 0 aromatic carbocycles. The van der Waals surface area contributed by atoms with E-state index in [1.807, 2.05) is 0 Å². The molecular formula is C15H27N3S. The molecule has 2 rings (SSSR count). The molecule has 0 unspecified atom stereocenters. The monoisotopic (exact) mass is 281 g/mol. The second kappa shape index (κ2) is 5.80. The van der Waals surface area contributed by atoms with Gasteiger partial charge in [0.15, 0.2) is 5.13 Å². The molecule has 1 aliphatic rings. The average molecular weight is 281 g/mol. The SMILES string of the molecule is CC(C)c1nc(N2CCCCCC2)sc1C(C)(C)N. The maximum atomic E-state index is 6.32. The standard InChI is InChI=1S/C15H27N3S/c1-11(2)12-13(15(3,4)16)19-14(17-12)18-9-7-5-6-8-10-18/h11H,5-10,16H2,1-4H3. The van der Waals surface area contributed by atoms with Gasteiger partial charge < -0.3 is 10.6 Å². The Labute approximate surface area is 121 Å². The summed E-state index contributed by atoms with van der Waals surface area (Å²) in [7, 11) is 0. The summed E-state index contributed by atoms with van der Waals surface area (Å²) in [6.07, 6.45) is 5.29. The zero-order chi connectivity index (χ0) is 14.0. The van der Waals surface area contributed by atoms with E-state index >= 15 is 0 Å². The van der Waals surface area contributed by atoms with Gasteiger partial charge in [-0.2, -0.15) is 0 Å². The predicted octanol–water partition coefficient (Wildman–Crippen LogP) is 3.84. The summed E-state index contributed by atoms with van der Waals surface area (Å²) >= 11 is 1.80. The highest BCUT2D eigenvalue weighted by Crippen LogP contribution is 2.37. The van der Waals surface area contributed by atoms with Gasteiger partial charge in [0.1, 0.15) is 0 Å². The van der Waals surface area contributed by atoms with Gasteiger partial charge in [0, 0.05) is 23.5 Å². The zero-order valence-electron chi connectivity index (χ0n) is 12.7. The number of rotatable bonds is 3. The van der Waals surface area contributed by atoms with E-state index in [1.165, 1.54) is 41.4 Å². The van der Waals surface area contributed by atoms with Crippen molar-refractivity contribution in [1.82, 2.24) is 4.98 Å². The molecule has 19 heavy (non-hydrogen) atoms. The normalized spacial score (nSPS) is 17.9. The van der Waals surface area contributed by atoms with Crippen LogP contribution in [-0.4, -0.2) is 18.1 Å². The van der Waals surface area contributed by atoms with Crippen molar-refractivity contribution in [2.45, 2.75) is 64.8 Å². The molecule has 1 aromatic rings. The van der Waals surface area contributed by atoms with E-state index in [9.17, 15) is 0 Å². The molecule has 2 heterocycles. The molecule has 2 N–H and O–H groups in total. The van der Waals surface area contributed by atoms with Crippen LogP contribution in [0.25, 0.3) is 0 Å². The van der Waals surface area contributed by atoms with Gasteiger partial charge in [-0.15, -0.1) is 0 Å². The van der Waals surface area contributed by atoms with Gasteiger partial charge in [-0.25, -0.2) is 4.98 Å². The van der Waals surface area contributed by atoms with Crippen molar-refractivity contribution >= 4 is 16.5 Å². The lowest BCUT2D eigenvalue weighted by atomic mass is 9.98. The fourth-order valence-corrected chi connectivity index (χ4v) is 3.86. The van der Waals surface area contributed by atoms with Crippen LogP contribution in [0.3, 0.4) is 0 Å². The summed E-state index contributed by atoms with van der Waals surface area (Å²) in [5, 5.41) is 1.18. The van der Waals surface area contributed by atoms with E-state index in [1.54, 1.807) is 11.3 Å². The molecule has 0 radical (unpaired) electrons. The number of hydrogen-bond acceptors (Lipinski definition) is 4. The Balaban J connectivity index is 2.31. The van der Waals surface area contributed by atoms with Crippen molar-refractivity contribution in [3.05, 3.63) is 10.6 Å². The minimum Gasteiger partial charge on any atom is -0.348 e. The van der Waals surface area contributed by atoms with Gasteiger partial charge in [0.25, 0.3) is 0 Å². The molecule has 1 aliphatic heterocycles. The Morgan fingerprint density at radius 2 is 1.74 bits per heavy atom. The van der Waals surface area contributed by atoms with Gasteiger partial charge in [0.05, 0.1) is 5.69 Å². The van der Waals surface area contributed by atoms with Crippen molar-refractivity contribution in [2.75, 3.05) is 18.0 Å². The van der Waals surface area contributed by atoms with Crippen molar-refractivity contribution in [3.63, 3.8) is 0 Å². The molecule has 0 atom stereocenters. The first kappa shape index (κ1) is 14.8. The Morgan fingerprint density at radius 1 is 1.16 bits per heavy atom. The summed E-state index contributed by atoms with van der Waals surface area (Å²) in [6, 6.07) is 0. The molecule has 4 heteroatoms. The first-order chi connectivity index (χ1) is 8.89. The van der Waals surface area contributed by atoms with E-state index in [0.717, 1.165) is 13.1 Å². The minimum absolute atomic E-state index is 0.290. The quantitative estimate of drug-likeness (QED) is 0.915. The first-order valence-electron chi connectivity index (χ1n) is 7.44. The first-order valence-corrected chi connectivity index (χ1v) is 8.26. The highest BCUT2D eigenvalue weighted by Gasteiger charge is 2.26. The third-order valence-corrected chi connectivity index (χ3v) is 5.12. The van der Waals surface area contributed by atoms with E-state index in [4.69, 9.17) is 10.7 Å². The molecule has 0 amide bonds. The maximum Gasteiger partial charge on any atom is 0.185 e. The van der Waals surface area contributed by atoms with Crippen LogP contribution in [-0.2, 0) is 5.54 Å². The van der Waals surface area contributed by atoms with Gasteiger partial charge in [-0.05, 0) is 32.6 Å². The molecule has 0 saturated carbocycles. The van der Waals surface area contributed by atoms with Crippen LogP contribution in [0.4, 0.5) is 5.13 Å². The van der Waals surface area contributed by atoms with Gasteiger partial charge in [-0.1, -0.05) is 38.0 Å². The highest BCUT2D eigenvalue weighted by atomic mass is 32.1. The smallest absolute Gasteiger partial charge is 0.185 e. The summed E-state index contributed by atoms with van der Waals surface area (Å²) in [5.74, 6) is 0.440. The molecule has 0 spiro atoms. The zero-order valence-corrected chi connectivity index (χ0v) is 13.5. The lowest BCUT2D eigenvalue weighted by Gasteiger charge is -2.20. The average Bonchev–Trinajstić information content (AvgIpc) is 2.60. The number of aromatic nitrogens is 1. The van der Waals surface area contributed by atoms with Crippen LogP contribution in [0.1, 0.15) is 69.9 Å². The van der Waals surface area contributed by atoms with Crippen molar-refractivity contribution < 1.29 is 0 Å². The molecule has 0 bridgehead atoms. The fraction of sp³-hybridized carbons (Fsp3) is 0.800. The largest absolute Gasteiger partial charge is 0.348 e. The van der Waals surface area contributed by atoms with Gasteiger partial charge >= 0.3 is 0 Å². The summed E-state index contributed by atoms with van der Waals surface area (Å²) in [5.41, 5.74) is 7.22. The highest BCUT2D eigenvalue weighted by molar-refractivity contribution is 7.15. The molecule has 108 valence electrons. The third-order valence-electron chi connectivity index (χ3n) is 3.65. The van der Waals surface area contributed by atoms with Crippen LogP contribution in [0.2, 0.25) is 0 Å². The van der Waals surface area contributed by atoms with Crippen molar-refractivity contribution in [3.8, 4) is 0 Å². The van der Waals surface area contributed by atoms with E-state index < -0.39 is 0 Å². The number of thiazole rings is 1.